The highest BCUT2D eigenvalue weighted by Gasteiger charge is 2.37. The van der Waals surface area contributed by atoms with Crippen LogP contribution in [-0.4, -0.2) is 37.8 Å². The number of ether oxygens (including phenoxy) is 1. The van der Waals surface area contributed by atoms with E-state index >= 15 is 0 Å². The molecule has 0 aliphatic carbocycles. The van der Waals surface area contributed by atoms with Crippen LogP contribution in [0.15, 0.2) is 54.6 Å². The lowest BCUT2D eigenvalue weighted by Gasteiger charge is -2.37. The van der Waals surface area contributed by atoms with E-state index in [9.17, 15) is 5.11 Å². The summed E-state index contributed by atoms with van der Waals surface area (Å²) in [4.78, 5) is 2.10. The minimum Gasteiger partial charge on any atom is -0.497 e. The van der Waals surface area contributed by atoms with E-state index in [1.165, 1.54) is 0 Å². The van der Waals surface area contributed by atoms with Crippen LogP contribution in [0, 0.1) is 5.92 Å². The quantitative estimate of drug-likeness (QED) is 0.889. The van der Waals surface area contributed by atoms with E-state index < -0.39 is 5.60 Å². The van der Waals surface area contributed by atoms with Crippen LogP contribution in [-0.2, 0) is 5.60 Å². The zero-order valence-corrected chi connectivity index (χ0v) is 13.8. The second-order valence-electron chi connectivity index (χ2n) is 6.02. The Morgan fingerprint density at radius 1 is 1.00 bits per heavy atom. The van der Waals surface area contributed by atoms with Gasteiger partial charge in [0.25, 0.3) is 0 Å². The fourth-order valence-corrected chi connectivity index (χ4v) is 2.95. The number of rotatable bonds is 6. The van der Waals surface area contributed by atoms with E-state index in [0.29, 0.717) is 0 Å². The summed E-state index contributed by atoms with van der Waals surface area (Å²) in [5.41, 5.74) is 0.765. The average molecular weight is 299 g/mol. The third-order valence-electron chi connectivity index (χ3n) is 4.10. The third kappa shape index (κ3) is 3.32. The molecule has 3 nitrogen and oxygen atoms in total. The molecule has 0 amide bonds. The zero-order chi connectivity index (χ0) is 16.2. The lowest BCUT2D eigenvalue weighted by molar-refractivity contribution is 0.0134. The molecule has 3 heteroatoms. The zero-order valence-electron chi connectivity index (χ0n) is 13.8. The Kier molecular flexibility index (Phi) is 5.22. The molecule has 2 aromatic carbocycles. The van der Waals surface area contributed by atoms with Crippen LogP contribution in [0.1, 0.15) is 18.1 Å². The number of hydrogen-bond donors (Lipinski definition) is 1. The molecule has 0 saturated heterocycles. The summed E-state index contributed by atoms with van der Waals surface area (Å²) in [6.45, 7) is 2.87. The Labute approximate surface area is 133 Å². The fourth-order valence-electron chi connectivity index (χ4n) is 2.95. The summed E-state index contributed by atoms with van der Waals surface area (Å²) in [5.74, 6) is 0.831. The molecule has 0 heterocycles. The van der Waals surface area contributed by atoms with Crippen molar-refractivity contribution in [1.82, 2.24) is 4.90 Å². The van der Waals surface area contributed by atoms with Gasteiger partial charge in [-0.25, -0.2) is 0 Å². The van der Waals surface area contributed by atoms with Gasteiger partial charge in [0.2, 0.25) is 0 Å². The van der Waals surface area contributed by atoms with Crippen LogP contribution >= 0.6 is 0 Å². The first-order valence-corrected chi connectivity index (χ1v) is 7.55. The lowest BCUT2D eigenvalue weighted by Crippen LogP contribution is -2.40. The monoisotopic (exact) mass is 299 g/mol. The second-order valence-corrected chi connectivity index (χ2v) is 6.02. The molecule has 2 rings (SSSR count). The standard InChI is InChI=1S/C19H25NO2/c1-15(14-20(2)3)19(21,16-8-6-5-7-9-16)17-10-12-18(22-4)13-11-17/h5-13,15,21H,14H2,1-4H3. The minimum atomic E-state index is -1.03. The van der Waals surface area contributed by atoms with Gasteiger partial charge in [-0.2, -0.15) is 0 Å². The van der Waals surface area contributed by atoms with Crippen molar-refractivity contribution in [2.75, 3.05) is 27.7 Å². The molecule has 2 unspecified atom stereocenters. The number of nitrogens with zero attached hydrogens (tertiary/aromatic N) is 1. The van der Waals surface area contributed by atoms with Crippen molar-refractivity contribution in [2.24, 2.45) is 5.92 Å². The van der Waals surface area contributed by atoms with Gasteiger partial charge in [-0.1, -0.05) is 49.4 Å². The summed E-state index contributed by atoms with van der Waals surface area (Å²) in [6, 6.07) is 17.5. The van der Waals surface area contributed by atoms with Crippen molar-refractivity contribution in [3.63, 3.8) is 0 Å². The maximum Gasteiger partial charge on any atom is 0.118 e. The minimum absolute atomic E-state index is 0.0401. The van der Waals surface area contributed by atoms with Gasteiger partial charge in [-0.3, -0.25) is 0 Å². The number of aliphatic hydroxyl groups is 1. The van der Waals surface area contributed by atoms with Gasteiger partial charge in [0.1, 0.15) is 11.4 Å². The van der Waals surface area contributed by atoms with E-state index in [1.54, 1.807) is 7.11 Å². The van der Waals surface area contributed by atoms with E-state index in [-0.39, 0.29) is 5.92 Å². The number of hydrogen-bond acceptors (Lipinski definition) is 3. The molecular formula is C19H25NO2. The predicted molar refractivity (Wildman–Crippen MR) is 90.2 cm³/mol. The second kappa shape index (κ2) is 6.95. The summed E-state index contributed by atoms with van der Waals surface area (Å²) < 4.78 is 5.22. The van der Waals surface area contributed by atoms with Crippen LogP contribution in [0.4, 0.5) is 0 Å². The molecule has 0 radical (unpaired) electrons. The van der Waals surface area contributed by atoms with Crippen molar-refractivity contribution < 1.29 is 9.84 Å². The SMILES string of the molecule is COc1ccc(C(O)(c2ccccc2)C(C)CN(C)C)cc1. The lowest BCUT2D eigenvalue weighted by atomic mass is 9.76. The third-order valence-corrected chi connectivity index (χ3v) is 4.10. The predicted octanol–water partition coefficient (Wildman–Crippen LogP) is 3.13. The summed E-state index contributed by atoms with van der Waals surface area (Å²) >= 11 is 0. The van der Waals surface area contributed by atoms with Crippen LogP contribution in [0.2, 0.25) is 0 Å². The van der Waals surface area contributed by atoms with Crippen molar-refractivity contribution in [3.8, 4) is 5.75 Å². The molecular weight excluding hydrogens is 274 g/mol. The van der Waals surface area contributed by atoms with Crippen LogP contribution in [0.5, 0.6) is 5.75 Å². The van der Waals surface area contributed by atoms with Crippen molar-refractivity contribution in [3.05, 3.63) is 65.7 Å². The van der Waals surface area contributed by atoms with Crippen molar-refractivity contribution in [2.45, 2.75) is 12.5 Å². The topological polar surface area (TPSA) is 32.7 Å². The first kappa shape index (κ1) is 16.5. The summed E-state index contributed by atoms with van der Waals surface area (Å²) in [7, 11) is 5.69. The van der Waals surface area contributed by atoms with Gasteiger partial charge < -0.3 is 14.7 Å². The average Bonchev–Trinajstić information content (AvgIpc) is 2.54. The van der Waals surface area contributed by atoms with Gasteiger partial charge >= 0.3 is 0 Å². The van der Waals surface area contributed by atoms with Crippen LogP contribution in [0.25, 0.3) is 0 Å². The molecule has 118 valence electrons. The molecule has 2 atom stereocenters. The Balaban J connectivity index is 2.49. The van der Waals surface area contributed by atoms with Crippen LogP contribution in [0.3, 0.4) is 0 Å². The largest absolute Gasteiger partial charge is 0.497 e. The highest BCUT2D eigenvalue weighted by atomic mass is 16.5. The van der Waals surface area contributed by atoms with Crippen molar-refractivity contribution >= 4 is 0 Å². The first-order chi connectivity index (χ1) is 10.5. The molecule has 2 aromatic rings. The molecule has 0 aromatic heterocycles. The Hall–Kier alpha value is -1.84. The number of benzene rings is 2. The van der Waals surface area contributed by atoms with Gasteiger partial charge in [0, 0.05) is 12.5 Å². The molecule has 0 fully saturated rings. The van der Waals surface area contributed by atoms with Gasteiger partial charge in [-0.05, 0) is 37.4 Å². The van der Waals surface area contributed by atoms with E-state index in [1.807, 2.05) is 68.7 Å². The fraction of sp³-hybridized carbons (Fsp3) is 0.368. The Morgan fingerprint density at radius 3 is 2.05 bits per heavy atom. The van der Waals surface area contributed by atoms with Crippen molar-refractivity contribution in [1.29, 1.82) is 0 Å². The maximum absolute atomic E-state index is 11.6. The molecule has 0 aliphatic rings. The normalized spacial score (nSPS) is 15.4. The maximum atomic E-state index is 11.6. The van der Waals surface area contributed by atoms with Crippen LogP contribution < -0.4 is 4.74 Å². The van der Waals surface area contributed by atoms with Gasteiger partial charge in [0.05, 0.1) is 7.11 Å². The Morgan fingerprint density at radius 2 is 1.55 bits per heavy atom. The van der Waals surface area contributed by atoms with Gasteiger partial charge in [0.15, 0.2) is 0 Å². The van der Waals surface area contributed by atoms with E-state index in [4.69, 9.17) is 4.74 Å². The van der Waals surface area contributed by atoms with E-state index in [2.05, 4.69) is 11.8 Å². The molecule has 22 heavy (non-hydrogen) atoms. The molecule has 0 aliphatic heterocycles. The summed E-state index contributed by atoms with van der Waals surface area (Å²) in [6.07, 6.45) is 0. The highest BCUT2D eigenvalue weighted by Crippen LogP contribution is 2.37. The Bertz CT molecular complexity index is 580. The van der Waals surface area contributed by atoms with E-state index in [0.717, 1.165) is 23.4 Å². The molecule has 1 N–H and O–H groups in total. The van der Waals surface area contributed by atoms with Gasteiger partial charge in [-0.15, -0.1) is 0 Å². The first-order valence-electron chi connectivity index (χ1n) is 7.55. The summed E-state index contributed by atoms with van der Waals surface area (Å²) in [5, 5.41) is 11.6. The molecule has 0 saturated carbocycles. The molecule has 0 bridgehead atoms. The number of methoxy groups -OCH3 is 1. The molecule has 0 spiro atoms. The highest BCUT2D eigenvalue weighted by molar-refractivity contribution is 5.39. The smallest absolute Gasteiger partial charge is 0.118 e.